The van der Waals surface area contributed by atoms with Crippen LogP contribution in [0.15, 0.2) is 29.2 Å². The number of hydrogen-bond donors (Lipinski definition) is 1. The van der Waals surface area contributed by atoms with Crippen molar-refractivity contribution in [2.75, 3.05) is 11.1 Å². The number of rotatable bonds is 4. The van der Waals surface area contributed by atoms with Crippen molar-refractivity contribution in [2.24, 2.45) is 5.92 Å². The molecule has 0 aliphatic heterocycles. The van der Waals surface area contributed by atoms with Gasteiger partial charge in [-0.1, -0.05) is 13.8 Å². The van der Waals surface area contributed by atoms with Crippen LogP contribution in [0.3, 0.4) is 0 Å². The van der Waals surface area contributed by atoms with E-state index in [4.69, 9.17) is 0 Å². The van der Waals surface area contributed by atoms with Crippen LogP contribution in [0.1, 0.15) is 41.2 Å². The zero-order valence-corrected chi connectivity index (χ0v) is 15.3. The van der Waals surface area contributed by atoms with Gasteiger partial charge in [-0.3, -0.25) is 10.1 Å². The van der Waals surface area contributed by atoms with E-state index < -0.39 is 9.84 Å². The van der Waals surface area contributed by atoms with E-state index >= 15 is 0 Å². The molecule has 0 bridgehead atoms. The molecule has 0 saturated carbocycles. The molecule has 1 aromatic heterocycles. The van der Waals surface area contributed by atoms with Crippen LogP contribution in [0.25, 0.3) is 0 Å². The molecule has 1 aromatic carbocycles. The number of carbonyl (C=O) groups excluding carboxylic acids is 1. The number of sulfone groups is 1. The molecule has 1 atom stereocenters. The Morgan fingerprint density at radius 2 is 2.04 bits per heavy atom. The highest BCUT2D eigenvalue weighted by molar-refractivity contribution is 7.91. The zero-order chi connectivity index (χ0) is 17.3. The van der Waals surface area contributed by atoms with Crippen LogP contribution in [0.4, 0.5) is 5.13 Å². The number of hydrogen-bond acceptors (Lipinski definition) is 5. The highest BCUT2D eigenvalue weighted by Gasteiger charge is 2.21. The van der Waals surface area contributed by atoms with Crippen molar-refractivity contribution in [3.63, 3.8) is 0 Å². The first-order valence-electron chi connectivity index (χ1n) is 8.02. The number of aromatic nitrogens is 1. The van der Waals surface area contributed by atoms with Gasteiger partial charge in [0.2, 0.25) is 0 Å². The Bertz CT molecular complexity index is 854. The van der Waals surface area contributed by atoms with Gasteiger partial charge in [0, 0.05) is 10.4 Å². The summed E-state index contributed by atoms with van der Waals surface area (Å²) in [6.45, 7) is 3.83. The average Bonchev–Trinajstić information content (AvgIpc) is 2.96. The molecule has 1 aliphatic carbocycles. The van der Waals surface area contributed by atoms with Crippen molar-refractivity contribution in [2.45, 2.75) is 38.0 Å². The maximum Gasteiger partial charge on any atom is 0.257 e. The first-order valence-corrected chi connectivity index (χ1v) is 10.5. The van der Waals surface area contributed by atoms with Crippen LogP contribution >= 0.6 is 11.3 Å². The van der Waals surface area contributed by atoms with Gasteiger partial charge in [-0.25, -0.2) is 13.4 Å². The van der Waals surface area contributed by atoms with Crippen LogP contribution in [0.5, 0.6) is 0 Å². The van der Waals surface area contributed by atoms with Crippen molar-refractivity contribution >= 4 is 32.2 Å². The number of benzene rings is 1. The van der Waals surface area contributed by atoms with E-state index in [1.807, 2.05) is 0 Å². The summed E-state index contributed by atoms with van der Waals surface area (Å²) in [6, 6.07) is 6.02. The molecule has 128 valence electrons. The monoisotopic (exact) mass is 364 g/mol. The zero-order valence-electron chi connectivity index (χ0n) is 13.7. The number of carbonyl (C=O) groups is 1. The van der Waals surface area contributed by atoms with Gasteiger partial charge in [0.05, 0.1) is 16.3 Å². The summed E-state index contributed by atoms with van der Waals surface area (Å²) in [5, 5.41) is 3.44. The molecule has 0 radical (unpaired) electrons. The van der Waals surface area contributed by atoms with Crippen molar-refractivity contribution < 1.29 is 13.2 Å². The van der Waals surface area contributed by atoms with Gasteiger partial charge in [0.25, 0.3) is 5.91 Å². The third kappa shape index (κ3) is 3.52. The second kappa shape index (κ2) is 6.64. The standard InChI is InChI=1S/C17H20N2O3S2/c1-3-24(21,22)13-7-5-12(6-8-13)16(20)19-17-18-14-9-4-11(2)10-15(14)23-17/h5-8,11H,3-4,9-10H2,1-2H3,(H,18,19,20). The van der Waals surface area contributed by atoms with Crippen LogP contribution in [0, 0.1) is 5.92 Å². The summed E-state index contributed by atoms with van der Waals surface area (Å²) in [7, 11) is -3.25. The SMILES string of the molecule is CCS(=O)(=O)c1ccc(C(=O)Nc2nc3c(s2)CC(C)CC3)cc1. The molecular formula is C17H20N2O3S2. The van der Waals surface area contributed by atoms with E-state index in [0.717, 1.165) is 25.0 Å². The van der Waals surface area contributed by atoms with E-state index in [1.54, 1.807) is 6.92 Å². The van der Waals surface area contributed by atoms with E-state index in [9.17, 15) is 13.2 Å². The summed E-state index contributed by atoms with van der Waals surface area (Å²) in [5.41, 5.74) is 1.52. The molecule has 0 fully saturated rings. The normalized spacial score (nSPS) is 17.3. The Hall–Kier alpha value is -1.73. The lowest BCUT2D eigenvalue weighted by molar-refractivity contribution is 0.102. The number of thiazole rings is 1. The second-order valence-electron chi connectivity index (χ2n) is 6.12. The molecule has 1 aliphatic rings. The Labute approximate surface area is 146 Å². The van der Waals surface area contributed by atoms with Gasteiger partial charge in [0.15, 0.2) is 15.0 Å². The van der Waals surface area contributed by atoms with E-state index in [2.05, 4.69) is 17.2 Å². The number of nitrogens with one attached hydrogen (secondary N) is 1. The third-order valence-electron chi connectivity index (χ3n) is 4.26. The lowest BCUT2D eigenvalue weighted by atomic mass is 9.93. The molecule has 3 rings (SSSR count). The van der Waals surface area contributed by atoms with Crippen LogP contribution in [0.2, 0.25) is 0 Å². The van der Waals surface area contributed by atoms with Gasteiger partial charge in [-0.2, -0.15) is 0 Å². The fourth-order valence-electron chi connectivity index (χ4n) is 2.74. The largest absolute Gasteiger partial charge is 0.298 e. The van der Waals surface area contributed by atoms with Crippen LogP contribution in [-0.4, -0.2) is 25.1 Å². The quantitative estimate of drug-likeness (QED) is 0.903. The molecule has 1 heterocycles. The average molecular weight is 364 g/mol. The molecule has 5 nitrogen and oxygen atoms in total. The number of fused-ring (bicyclic) bond motifs is 1. The molecule has 1 N–H and O–H groups in total. The number of anilines is 1. The van der Waals surface area contributed by atoms with Crippen molar-refractivity contribution in [1.29, 1.82) is 0 Å². The van der Waals surface area contributed by atoms with E-state index in [-0.39, 0.29) is 16.6 Å². The Morgan fingerprint density at radius 1 is 1.33 bits per heavy atom. The first-order chi connectivity index (χ1) is 11.4. The Kier molecular flexibility index (Phi) is 4.73. The Morgan fingerprint density at radius 3 is 2.71 bits per heavy atom. The van der Waals surface area contributed by atoms with E-state index in [0.29, 0.717) is 16.6 Å². The van der Waals surface area contributed by atoms with Gasteiger partial charge < -0.3 is 0 Å². The molecule has 1 unspecified atom stereocenters. The van der Waals surface area contributed by atoms with Crippen molar-refractivity contribution in [3.05, 3.63) is 40.4 Å². The number of nitrogens with zero attached hydrogens (tertiary/aromatic N) is 1. The van der Waals surface area contributed by atoms with Gasteiger partial charge in [-0.15, -0.1) is 11.3 Å². The molecular weight excluding hydrogens is 344 g/mol. The minimum atomic E-state index is -3.25. The van der Waals surface area contributed by atoms with Gasteiger partial charge >= 0.3 is 0 Å². The number of amides is 1. The maximum absolute atomic E-state index is 12.3. The third-order valence-corrected chi connectivity index (χ3v) is 7.05. The molecule has 0 saturated heterocycles. The highest BCUT2D eigenvalue weighted by atomic mass is 32.2. The fourth-order valence-corrected chi connectivity index (χ4v) is 4.79. The molecule has 2 aromatic rings. The summed E-state index contributed by atoms with van der Waals surface area (Å²) >= 11 is 1.53. The lowest BCUT2D eigenvalue weighted by Crippen LogP contribution is -2.12. The van der Waals surface area contributed by atoms with Crippen LogP contribution < -0.4 is 5.32 Å². The van der Waals surface area contributed by atoms with Gasteiger partial charge in [-0.05, 0) is 49.4 Å². The predicted molar refractivity (Wildman–Crippen MR) is 95.4 cm³/mol. The highest BCUT2D eigenvalue weighted by Crippen LogP contribution is 2.32. The van der Waals surface area contributed by atoms with Crippen molar-refractivity contribution in [1.82, 2.24) is 4.98 Å². The first kappa shape index (κ1) is 17.1. The smallest absolute Gasteiger partial charge is 0.257 e. The van der Waals surface area contributed by atoms with Gasteiger partial charge in [0.1, 0.15) is 0 Å². The summed E-state index contributed by atoms with van der Waals surface area (Å²) in [6.07, 6.45) is 3.12. The molecule has 1 amide bonds. The molecule has 7 heteroatoms. The van der Waals surface area contributed by atoms with E-state index in [1.165, 1.54) is 40.5 Å². The predicted octanol–water partition coefficient (Wildman–Crippen LogP) is 3.31. The molecule has 24 heavy (non-hydrogen) atoms. The number of aryl methyl sites for hydroxylation is 1. The van der Waals surface area contributed by atoms with Crippen molar-refractivity contribution in [3.8, 4) is 0 Å². The summed E-state index contributed by atoms with van der Waals surface area (Å²) in [5.74, 6) is 0.436. The minimum absolute atomic E-state index is 0.0433. The van der Waals surface area contributed by atoms with Crippen LogP contribution in [-0.2, 0) is 22.7 Å². The summed E-state index contributed by atoms with van der Waals surface area (Å²) in [4.78, 5) is 18.3. The minimum Gasteiger partial charge on any atom is -0.298 e. The fraction of sp³-hybridized carbons (Fsp3) is 0.412. The topological polar surface area (TPSA) is 76.1 Å². The maximum atomic E-state index is 12.3. The lowest BCUT2D eigenvalue weighted by Gasteiger charge is -2.15. The molecule has 0 spiro atoms. The Balaban J connectivity index is 1.74. The summed E-state index contributed by atoms with van der Waals surface area (Å²) < 4.78 is 23.6. The second-order valence-corrected chi connectivity index (χ2v) is 9.48.